The predicted molar refractivity (Wildman–Crippen MR) is 124 cm³/mol. The molecule has 0 saturated heterocycles. The number of nitrogens with zero attached hydrogens (tertiary/aromatic N) is 2. The predicted octanol–water partition coefficient (Wildman–Crippen LogP) is 4.71. The van der Waals surface area contributed by atoms with E-state index in [-0.39, 0.29) is 22.0 Å². The van der Waals surface area contributed by atoms with Gasteiger partial charge in [0.25, 0.3) is 15.9 Å². The van der Waals surface area contributed by atoms with E-state index in [0.717, 1.165) is 29.8 Å². The summed E-state index contributed by atoms with van der Waals surface area (Å²) in [6.07, 6.45) is 1.65. The maximum atomic E-state index is 13.6. The number of amides is 1. The normalized spacial score (nSPS) is 12.1. The number of allylic oxidation sites excluding steroid dienone is 1. The van der Waals surface area contributed by atoms with E-state index >= 15 is 0 Å². The van der Waals surface area contributed by atoms with Gasteiger partial charge in [-0.25, -0.2) is 17.2 Å². The van der Waals surface area contributed by atoms with Crippen molar-refractivity contribution in [2.24, 2.45) is 4.99 Å². The van der Waals surface area contributed by atoms with Crippen molar-refractivity contribution < 1.29 is 22.0 Å². The van der Waals surface area contributed by atoms with Crippen molar-refractivity contribution in [1.29, 1.82) is 0 Å². The third kappa shape index (κ3) is 4.91. The van der Waals surface area contributed by atoms with E-state index < -0.39 is 21.7 Å². The summed E-state index contributed by atoms with van der Waals surface area (Å²) in [4.78, 5) is 17.2. The Bertz CT molecular complexity index is 1520. The van der Waals surface area contributed by atoms with Crippen LogP contribution in [-0.2, 0) is 16.6 Å². The van der Waals surface area contributed by atoms with E-state index in [0.29, 0.717) is 16.0 Å². The third-order valence-electron chi connectivity index (χ3n) is 4.66. The summed E-state index contributed by atoms with van der Waals surface area (Å²) >= 11 is 1.18. The Morgan fingerprint density at radius 1 is 1.03 bits per heavy atom. The second-order valence-electron chi connectivity index (χ2n) is 6.95. The highest BCUT2D eigenvalue weighted by atomic mass is 32.2. The summed E-state index contributed by atoms with van der Waals surface area (Å²) in [5, 5.41) is 0. The maximum absolute atomic E-state index is 13.6. The summed E-state index contributed by atoms with van der Waals surface area (Å²) in [5.41, 5.74) is 1.21. The lowest BCUT2D eigenvalue weighted by atomic mass is 10.2. The number of thiazole rings is 1. The minimum atomic E-state index is -3.91. The van der Waals surface area contributed by atoms with Crippen LogP contribution in [0.2, 0.25) is 0 Å². The quantitative estimate of drug-likeness (QED) is 0.402. The molecule has 168 valence electrons. The number of carbonyl (C=O) groups is 1. The largest absolute Gasteiger partial charge is 0.312 e. The molecule has 6 nitrogen and oxygen atoms in total. The van der Waals surface area contributed by atoms with Crippen LogP contribution in [0.4, 0.5) is 14.5 Å². The number of benzene rings is 3. The second kappa shape index (κ2) is 9.08. The number of anilines is 1. The lowest BCUT2D eigenvalue weighted by Crippen LogP contribution is -2.16. The van der Waals surface area contributed by atoms with Gasteiger partial charge in [-0.15, -0.1) is 6.58 Å². The van der Waals surface area contributed by atoms with Crippen LogP contribution in [0.3, 0.4) is 0 Å². The van der Waals surface area contributed by atoms with Crippen molar-refractivity contribution in [2.45, 2.75) is 11.4 Å². The number of fused-ring (bicyclic) bond motifs is 1. The molecule has 0 unspecified atom stereocenters. The van der Waals surface area contributed by atoms with Gasteiger partial charge in [0, 0.05) is 17.8 Å². The fraction of sp³-hybridized carbons (Fsp3) is 0.0435. The van der Waals surface area contributed by atoms with E-state index in [1.165, 1.54) is 47.7 Å². The van der Waals surface area contributed by atoms with Gasteiger partial charge in [0.15, 0.2) is 4.80 Å². The zero-order valence-electron chi connectivity index (χ0n) is 17.0. The van der Waals surface area contributed by atoms with Crippen molar-refractivity contribution in [3.63, 3.8) is 0 Å². The van der Waals surface area contributed by atoms with Gasteiger partial charge in [0.05, 0.1) is 15.1 Å². The molecule has 0 aliphatic rings. The zero-order valence-corrected chi connectivity index (χ0v) is 18.7. The molecule has 0 aliphatic carbocycles. The minimum absolute atomic E-state index is 0.0907. The van der Waals surface area contributed by atoms with Crippen LogP contribution in [0, 0.1) is 11.6 Å². The first-order valence-corrected chi connectivity index (χ1v) is 11.9. The van der Waals surface area contributed by atoms with E-state index in [1.54, 1.807) is 16.7 Å². The van der Waals surface area contributed by atoms with Crippen molar-refractivity contribution in [2.75, 3.05) is 4.72 Å². The first kappa shape index (κ1) is 22.6. The van der Waals surface area contributed by atoms with Crippen LogP contribution in [0.25, 0.3) is 10.2 Å². The Balaban J connectivity index is 1.60. The first-order chi connectivity index (χ1) is 15.8. The summed E-state index contributed by atoms with van der Waals surface area (Å²) in [7, 11) is -3.91. The van der Waals surface area contributed by atoms with Gasteiger partial charge in [-0.05, 0) is 66.7 Å². The number of hydrogen-bond acceptors (Lipinski definition) is 4. The molecule has 0 fully saturated rings. The second-order valence-corrected chi connectivity index (χ2v) is 9.64. The number of nitrogens with one attached hydrogen (secondary N) is 1. The van der Waals surface area contributed by atoms with Gasteiger partial charge in [-0.1, -0.05) is 17.4 Å². The summed E-state index contributed by atoms with van der Waals surface area (Å²) < 4.78 is 56.3. The Morgan fingerprint density at radius 2 is 1.70 bits per heavy atom. The highest BCUT2D eigenvalue weighted by Crippen LogP contribution is 2.20. The smallest absolute Gasteiger partial charge is 0.279 e. The first-order valence-electron chi connectivity index (χ1n) is 9.64. The number of hydrogen-bond donors (Lipinski definition) is 1. The average molecular weight is 486 g/mol. The Hall–Kier alpha value is -3.63. The Kier molecular flexibility index (Phi) is 6.21. The number of rotatable bonds is 6. The SMILES string of the molecule is C=CCn1c(=NC(=O)c2ccc(NS(=O)(=O)c3ccc(F)cc3)cc2)sc2cc(F)ccc21. The fourth-order valence-electron chi connectivity index (χ4n) is 3.10. The highest BCUT2D eigenvalue weighted by molar-refractivity contribution is 7.92. The number of halogens is 2. The van der Waals surface area contributed by atoms with Crippen molar-refractivity contribution in [3.05, 3.63) is 101 Å². The molecule has 1 aromatic heterocycles. The molecule has 0 bridgehead atoms. The molecule has 1 N–H and O–H groups in total. The molecule has 0 spiro atoms. The summed E-state index contributed by atoms with van der Waals surface area (Å²) in [5.74, 6) is -1.46. The van der Waals surface area contributed by atoms with Crippen LogP contribution in [-0.4, -0.2) is 18.9 Å². The fourth-order valence-corrected chi connectivity index (χ4v) is 5.22. The lowest BCUT2D eigenvalue weighted by molar-refractivity contribution is 0.0998. The summed E-state index contributed by atoms with van der Waals surface area (Å²) in [6.45, 7) is 4.10. The molecule has 33 heavy (non-hydrogen) atoms. The zero-order chi connectivity index (χ0) is 23.6. The molecule has 0 radical (unpaired) electrons. The van der Waals surface area contributed by atoms with Crippen LogP contribution >= 0.6 is 11.3 Å². The molecular weight excluding hydrogens is 468 g/mol. The Morgan fingerprint density at radius 3 is 2.36 bits per heavy atom. The summed E-state index contributed by atoms with van der Waals surface area (Å²) in [6, 6.07) is 14.5. The molecule has 1 amide bonds. The number of sulfonamides is 1. The van der Waals surface area contributed by atoms with Crippen molar-refractivity contribution >= 4 is 43.2 Å². The highest BCUT2D eigenvalue weighted by Gasteiger charge is 2.15. The number of aromatic nitrogens is 1. The van der Waals surface area contributed by atoms with Crippen molar-refractivity contribution in [3.8, 4) is 0 Å². The average Bonchev–Trinajstić information content (AvgIpc) is 3.10. The molecule has 3 aromatic carbocycles. The molecule has 4 rings (SSSR count). The van der Waals surface area contributed by atoms with Gasteiger partial charge in [0.1, 0.15) is 11.6 Å². The molecule has 10 heteroatoms. The van der Waals surface area contributed by atoms with E-state index in [4.69, 9.17) is 0 Å². The lowest BCUT2D eigenvalue weighted by Gasteiger charge is -2.08. The van der Waals surface area contributed by atoms with Gasteiger partial charge in [-0.3, -0.25) is 9.52 Å². The molecule has 0 aliphatic heterocycles. The van der Waals surface area contributed by atoms with Crippen LogP contribution in [0.15, 0.2) is 89.3 Å². The number of carbonyl (C=O) groups excluding carboxylic acids is 1. The van der Waals surface area contributed by atoms with E-state index in [2.05, 4.69) is 16.3 Å². The topological polar surface area (TPSA) is 80.5 Å². The van der Waals surface area contributed by atoms with Gasteiger partial charge >= 0.3 is 0 Å². The maximum Gasteiger partial charge on any atom is 0.279 e. The molecule has 4 aromatic rings. The molecule has 0 atom stereocenters. The van der Waals surface area contributed by atoms with Crippen LogP contribution < -0.4 is 9.52 Å². The third-order valence-corrected chi connectivity index (χ3v) is 7.10. The van der Waals surface area contributed by atoms with Gasteiger partial charge in [-0.2, -0.15) is 4.99 Å². The van der Waals surface area contributed by atoms with E-state index in [9.17, 15) is 22.0 Å². The van der Waals surface area contributed by atoms with Crippen LogP contribution in [0.5, 0.6) is 0 Å². The molecule has 1 heterocycles. The van der Waals surface area contributed by atoms with E-state index in [1.807, 2.05) is 0 Å². The molecule has 0 saturated carbocycles. The Labute approximate surface area is 192 Å². The monoisotopic (exact) mass is 485 g/mol. The van der Waals surface area contributed by atoms with Crippen molar-refractivity contribution in [1.82, 2.24) is 4.57 Å². The minimum Gasteiger partial charge on any atom is -0.312 e. The van der Waals surface area contributed by atoms with Gasteiger partial charge in [0.2, 0.25) is 0 Å². The van der Waals surface area contributed by atoms with Crippen LogP contribution in [0.1, 0.15) is 10.4 Å². The standard InChI is InChI=1S/C23H17F2N3O3S2/c1-2-13-28-20-12-7-17(25)14-21(20)32-23(28)26-22(29)15-3-8-18(9-4-15)27-33(30,31)19-10-5-16(24)6-11-19/h2-12,14,27H,1,13H2. The van der Waals surface area contributed by atoms with Gasteiger partial charge < -0.3 is 4.57 Å². The molecular formula is C23H17F2N3O3S2.